The molecule has 3 nitrogen and oxygen atoms in total. The van der Waals surface area contributed by atoms with Crippen LogP contribution < -0.4 is 5.73 Å². The van der Waals surface area contributed by atoms with Gasteiger partial charge in [-0.1, -0.05) is 48.0 Å². The lowest BCUT2D eigenvalue weighted by atomic mass is 10.1. The van der Waals surface area contributed by atoms with Gasteiger partial charge in [0, 0.05) is 33.4 Å². The van der Waals surface area contributed by atoms with Crippen molar-refractivity contribution in [1.82, 2.24) is 4.57 Å². The number of carbonyl (C=O) groups is 1. The zero-order valence-electron chi connectivity index (χ0n) is 13.8. The molecule has 0 unspecified atom stereocenters. The van der Waals surface area contributed by atoms with Crippen LogP contribution in [0.15, 0.2) is 60.7 Å². The summed E-state index contributed by atoms with van der Waals surface area (Å²) in [5, 5.41) is 2.70. The Morgan fingerprint density at radius 2 is 1.80 bits per heavy atom. The Bertz CT molecular complexity index is 1130. The minimum Gasteiger partial charge on any atom is -0.366 e. The molecule has 4 heteroatoms. The number of amides is 1. The van der Waals surface area contributed by atoms with Gasteiger partial charge in [-0.15, -0.1) is 0 Å². The Labute approximate surface area is 150 Å². The summed E-state index contributed by atoms with van der Waals surface area (Å²) in [6.07, 6.45) is 0. The zero-order chi connectivity index (χ0) is 17.6. The Morgan fingerprint density at radius 1 is 1.04 bits per heavy atom. The summed E-state index contributed by atoms with van der Waals surface area (Å²) in [5.41, 5.74) is 10.4. The van der Waals surface area contributed by atoms with Crippen LogP contribution in [0, 0.1) is 6.92 Å². The smallest absolute Gasteiger partial charge is 0.249 e. The van der Waals surface area contributed by atoms with E-state index in [4.69, 9.17) is 17.3 Å². The first-order chi connectivity index (χ1) is 12.1. The first-order valence-corrected chi connectivity index (χ1v) is 8.49. The van der Waals surface area contributed by atoms with E-state index in [0.717, 1.165) is 38.0 Å². The van der Waals surface area contributed by atoms with Crippen molar-refractivity contribution in [2.75, 3.05) is 0 Å². The fourth-order valence-electron chi connectivity index (χ4n) is 3.39. The third-order valence-electron chi connectivity index (χ3n) is 4.64. The Balaban J connectivity index is 2.00. The maximum atomic E-state index is 11.9. The van der Waals surface area contributed by atoms with Gasteiger partial charge in [-0.3, -0.25) is 4.79 Å². The van der Waals surface area contributed by atoms with Crippen molar-refractivity contribution in [3.63, 3.8) is 0 Å². The van der Waals surface area contributed by atoms with Gasteiger partial charge in [0.1, 0.15) is 0 Å². The SMILES string of the molecule is Cc1ccc(Cn2c3ccccc3c3c(C(N)=O)cccc32)cc1Cl. The van der Waals surface area contributed by atoms with Crippen molar-refractivity contribution in [2.45, 2.75) is 13.5 Å². The second-order valence-electron chi connectivity index (χ2n) is 6.25. The van der Waals surface area contributed by atoms with E-state index in [2.05, 4.69) is 16.7 Å². The van der Waals surface area contributed by atoms with Gasteiger partial charge >= 0.3 is 0 Å². The summed E-state index contributed by atoms with van der Waals surface area (Å²) in [4.78, 5) is 11.9. The molecule has 4 aromatic rings. The van der Waals surface area contributed by atoms with Gasteiger partial charge in [-0.25, -0.2) is 0 Å². The van der Waals surface area contributed by atoms with E-state index in [9.17, 15) is 4.79 Å². The van der Waals surface area contributed by atoms with Gasteiger partial charge in [-0.05, 0) is 42.3 Å². The molecule has 3 aromatic carbocycles. The minimum absolute atomic E-state index is 0.410. The first kappa shape index (κ1) is 15.7. The number of primary amides is 1. The molecule has 0 radical (unpaired) electrons. The highest BCUT2D eigenvalue weighted by atomic mass is 35.5. The van der Waals surface area contributed by atoms with Crippen molar-refractivity contribution >= 4 is 39.3 Å². The molecular formula is C21H17ClN2O. The number of hydrogen-bond acceptors (Lipinski definition) is 1. The maximum Gasteiger partial charge on any atom is 0.249 e. The van der Waals surface area contributed by atoms with E-state index in [0.29, 0.717) is 12.1 Å². The standard InChI is InChI=1S/C21H17ClN2O/c1-13-9-10-14(11-17(13)22)12-24-18-7-3-2-5-15(18)20-16(21(23)25)6-4-8-19(20)24/h2-11H,12H2,1H3,(H2,23,25). The van der Waals surface area contributed by atoms with Crippen LogP contribution in [-0.4, -0.2) is 10.5 Å². The summed E-state index contributed by atoms with van der Waals surface area (Å²) in [6.45, 7) is 2.66. The van der Waals surface area contributed by atoms with Crippen LogP contribution in [0.2, 0.25) is 5.02 Å². The molecule has 1 heterocycles. The van der Waals surface area contributed by atoms with E-state index < -0.39 is 5.91 Å². The minimum atomic E-state index is -0.410. The fourth-order valence-corrected chi connectivity index (χ4v) is 3.59. The van der Waals surface area contributed by atoms with Crippen molar-refractivity contribution in [1.29, 1.82) is 0 Å². The number of fused-ring (bicyclic) bond motifs is 3. The molecule has 124 valence electrons. The number of halogens is 1. The molecule has 2 N–H and O–H groups in total. The predicted octanol–water partition coefficient (Wildman–Crippen LogP) is 4.90. The Hall–Kier alpha value is -2.78. The van der Waals surface area contributed by atoms with Gasteiger partial charge in [0.15, 0.2) is 0 Å². The molecule has 1 aromatic heterocycles. The summed E-state index contributed by atoms with van der Waals surface area (Å²) in [5.74, 6) is -0.410. The molecule has 25 heavy (non-hydrogen) atoms. The molecule has 0 aliphatic heterocycles. The summed E-state index contributed by atoms with van der Waals surface area (Å²) in [6, 6.07) is 19.9. The number of nitrogens with two attached hydrogens (primary N) is 1. The number of aryl methyl sites for hydroxylation is 1. The molecule has 0 saturated carbocycles. The molecule has 0 aliphatic rings. The van der Waals surface area contributed by atoms with Crippen LogP contribution >= 0.6 is 11.6 Å². The van der Waals surface area contributed by atoms with E-state index in [1.54, 1.807) is 6.07 Å². The number of rotatable bonds is 3. The monoisotopic (exact) mass is 348 g/mol. The topological polar surface area (TPSA) is 48.0 Å². The molecule has 4 rings (SSSR count). The lowest BCUT2D eigenvalue weighted by molar-refractivity contribution is 0.100. The van der Waals surface area contributed by atoms with Crippen LogP contribution in [0.25, 0.3) is 21.8 Å². The van der Waals surface area contributed by atoms with Crippen molar-refractivity contribution in [2.24, 2.45) is 5.73 Å². The van der Waals surface area contributed by atoms with Gasteiger partial charge in [-0.2, -0.15) is 0 Å². The average Bonchev–Trinajstić information content (AvgIpc) is 2.92. The third-order valence-corrected chi connectivity index (χ3v) is 5.05. The number of hydrogen-bond donors (Lipinski definition) is 1. The maximum absolute atomic E-state index is 11.9. The van der Waals surface area contributed by atoms with E-state index >= 15 is 0 Å². The highest BCUT2D eigenvalue weighted by Gasteiger charge is 2.16. The number of aromatic nitrogens is 1. The van der Waals surface area contributed by atoms with Gasteiger partial charge in [0.2, 0.25) is 5.91 Å². The molecule has 1 amide bonds. The Morgan fingerprint density at radius 3 is 2.56 bits per heavy atom. The van der Waals surface area contributed by atoms with Gasteiger partial charge in [0.05, 0.1) is 5.52 Å². The van der Waals surface area contributed by atoms with Gasteiger partial charge in [0.25, 0.3) is 0 Å². The van der Waals surface area contributed by atoms with Crippen LogP contribution in [-0.2, 0) is 6.54 Å². The summed E-state index contributed by atoms with van der Waals surface area (Å²) in [7, 11) is 0. The quantitative estimate of drug-likeness (QED) is 0.562. The molecule has 0 saturated heterocycles. The van der Waals surface area contributed by atoms with Crippen LogP contribution in [0.3, 0.4) is 0 Å². The van der Waals surface area contributed by atoms with Crippen LogP contribution in [0.1, 0.15) is 21.5 Å². The highest BCUT2D eigenvalue weighted by molar-refractivity contribution is 6.31. The average molecular weight is 349 g/mol. The van der Waals surface area contributed by atoms with E-state index in [-0.39, 0.29) is 0 Å². The lowest BCUT2D eigenvalue weighted by Crippen LogP contribution is -2.11. The first-order valence-electron chi connectivity index (χ1n) is 8.11. The number of para-hydroxylation sites is 1. The highest BCUT2D eigenvalue weighted by Crippen LogP contribution is 2.32. The number of carbonyl (C=O) groups excluding carboxylic acids is 1. The number of benzene rings is 3. The van der Waals surface area contributed by atoms with Crippen molar-refractivity contribution in [3.05, 3.63) is 82.4 Å². The summed E-state index contributed by atoms with van der Waals surface area (Å²) < 4.78 is 2.21. The van der Waals surface area contributed by atoms with Crippen LogP contribution in [0.4, 0.5) is 0 Å². The second-order valence-corrected chi connectivity index (χ2v) is 6.66. The normalized spacial score (nSPS) is 11.3. The molecule has 0 aliphatic carbocycles. The fraction of sp³-hybridized carbons (Fsp3) is 0.0952. The third kappa shape index (κ3) is 2.57. The van der Waals surface area contributed by atoms with E-state index in [1.807, 2.05) is 49.4 Å². The molecule has 0 fully saturated rings. The number of nitrogens with zero attached hydrogens (tertiary/aromatic N) is 1. The largest absolute Gasteiger partial charge is 0.366 e. The summed E-state index contributed by atoms with van der Waals surface area (Å²) >= 11 is 6.29. The molecular weight excluding hydrogens is 332 g/mol. The van der Waals surface area contributed by atoms with Gasteiger partial charge < -0.3 is 10.3 Å². The molecule has 0 spiro atoms. The Kier molecular flexibility index (Phi) is 3.74. The lowest BCUT2D eigenvalue weighted by Gasteiger charge is -2.09. The van der Waals surface area contributed by atoms with Crippen molar-refractivity contribution in [3.8, 4) is 0 Å². The van der Waals surface area contributed by atoms with E-state index in [1.165, 1.54) is 0 Å². The molecule has 0 atom stereocenters. The van der Waals surface area contributed by atoms with Crippen LogP contribution in [0.5, 0.6) is 0 Å². The van der Waals surface area contributed by atoms with Crippen molar-refractivity contribution < 1.29 is 4.79 Å². The second kappa shape index (κ2) is 5.94. The molecule has 0 bridgehead atoms. The predicted molar refractivity (Wildman–Crippen MR) is 103 cm³/mol. The zero-order valence-corrected chi connectivity index (χ0v) is 14.5.